The predicted molar refractivity (Wildman–Crippen MR) is 130 cm³/mol. The Hall–Kier alpha value is -2.66. The quantitative estimate of drug-likeness (QED) is 0.742. The summed E-state index contributed by atoms with van der Waals surface area (Å²) in [6, 6.07) is 16.9. The van der Waals surface area contributed by atoms with Crippen molar-refractivity contribution in [3.8, 4) is 0 Å². The molecule has 2 aromatic rings. The molecule has 0 saturated carbocycles. The largest absolute Gasteiger partial charge is 0.352 e. The summed E-state index contributed by atoms with van der Waals surface area (Å²) in [6.07, 6.45) is 6.89. The van der Waals surface area contributed by atoms with E-state index >= 15 is 0 Å². The zero-order chi connectivity index (χ0) is 22.7. The third-order valence-corrected chi connectivity index (χ3v) is 8.12. The van der Waals surface area contributed by atoms with Gasteiger partial charge in [-0.1, -0.05) is 48.5 Å². The zero-order valence-electron chi connectivity index (χ0n) is 19.4. The van der Waals surface area contributed by atoms with Crippen LogP contribution in [-0.2, 0) is 34.4 Å². The molecule has 2 amide bonds. The van der Waals surface area contributed by atoms with Gasteiger partial charge in [-0.3, -0.25) is 9.59 Å². The van der Waals surface area contributed by atoms with Crippen LogP contribution in [-0.4, -0.2) is 42.9 Å². The molecule has 174 valence electrons. The van der Waals surface area contributed by atoms with Crippen LogP contribution in [0.5, 0.6) is 0 Å². The number of amides is 2. The number of hydrogen-bond acceptors (Lipinski definition) is 3. The lowest BCUT2D eigenvalue weighted by atomic mass is 9.74. The average Bonchev–Trinajstić information content (AvgIpc) is 3.22. The lowest BCUT2D eigenvalue weighted by Gasteiger charge is -2.40. The molecule has 2 saturated heterocycles. The van der Waals surface area contributed by atoms with Gasteiger partial charge in [-0.05, 0) is 72.7 Å². The Morgan fingerprint density at radius 3 is 2.55 bits per heavy atom. The molecule has 2 aliphatic heterocycles. The molecule has 5 rings (SSSR count). The number of nitrogens with zero attached hydrogens (tertiary/aromatic N) is 1. The fraction of sp³-hybridized carbons (Fsp3) is 0.500. The minimum Gasteiger partial charge on any atom is -0.352 e. The number of fused-ring (bicyclic) bond motifs is 2. The highest BCUT2D eigenvalue weighted by atomic mass is 16.2. The number of piperidine rings is 2. The monoisotopic (exact) mass is 445 g/mol. The van der Waals surface area contributed by atoms with Crippen molar-refractivity contribution in [3.63, 3.8) is 0 Å². The molecule has 2 fully saturated rings. The molecule has 2 N–H and O–H groups in total. The molecule has 3 aliphatic rings. The van der Waals surface area contributed by atoms with Gasteiger partial charge in [0.05, 0.1) is 12.3 Å². The number of carbonyl (C=O) groups excluding carboxylic acids is 2. The molecule has 0 radical (unpaired) electrons. The second-order valence-electron chi connectivity index (χ2n) is 10.0. The minimum atomic E-state index is 0.0499. The van der Waals surface area contributed by atoms with E-state index in [1.165, 1.54) is 24.0 Å². The SMILES string of the molecule is O=C(NCc1ccccc1CC(=O)N1CCC2(CCc3ccccc32)CC1)C1CCCNC1. The summed E-state index contributed by atoms with van der Waals surface area (Å²) in [6.45, 7) is 3.91. The van der Waals surface area contributed by atoms with Gasteiger partial charge < -0.3 is 15.5 Å². The Balaban J connectivity index is 1.18. The van der Waals surface area contributed by atoms with Crippen molar-refractivity contribution < 1.29 is 9.59 Å². The van der Waals surface area contributed by atoms with Gasteiger partial charge in [0.15, 0.2) is 0 Å². The van der Waals surface area contributed by atoms with Gasteiger partial charge in [0, 0.05) is 26.2 Å². The fourth-order valence-corrected chi connectivity index (χ4v) is 6.05. The van der Waals surface area contributed by atoms with Gasteiger partial charge >= 0.3 is 0 Å². The van der Waals surface area contributed by atoms with Crippen LogP contribution >= 0.6 is 0 Å². The standard InChI is InChI=1S/C28H35N3O2/c32-26(31-16-13-28(14-17-31)12-11-21-6-3-4-10-25(21)28)18-22-7-1-2-8-23(22)20-30-27(33)24-9-5-15-29-19-24/h1-4,6-8,10,24,29H,5,9,11-20H2,(H,30,33). The van der Waals surface area contributed by atoms with E-state index in [-0.39, 0.29) is 23.1 Å². The van der Waals surface area contributed by atoms with Crippen LogP contribution in [0.1, 0.15) is 54.4 Å². The molecule has 5 heteroatoms. The summed E-state index contributed by atoms with van der Waals surface area (Å²) in [4.78, 5) is 27.8. The summed E-state index contributed by atoms with van der Waals surface area (Å²) >= 11 is 0. The summed E-state index contributed by atoms with van der Waals surface area (Å²) in [5.41, 5.74) is 5.35. The second-order valence-corrected chi connectivity index (χ2v) is 10.0. The number of nitrogens with one attached hydrogen (secondary N) is 2. The summed E-state index contributed by atoms with van der Waals surface area (Å²) in [5, 5.41) is 6.40. The predicted octanol–water partition coefficient (Wildman–Crippen LogP) is 3.35. The number of hydrogen-bond donors (Lipinski definition) is 2. The first kappa shape index (κ1) is 22.1. The van der Waals surface area contributed by atoms with Crippen LogP contribution in [0.4, 0.5) is 0 Å². The van der Waals surface area contributed by atoms with E-state index in [1.54, 1.807) is 0 Å². The van der Waals surface area contributed by atoms with Gasteiger partial charge in [-0.25, -0.2) is 0 Å². The average molecular weight is 446 g/mol. The smallest absolute Gasteiger partial charge is 0.227 e. The first-order valence-electron chi connectivity index (χ1n) is 12.6. The van der Waals surface area contributed by atoms with Crippen LogP contribution in [0.3, 0.4) is 0 Å². The first-order valence-corrected chi connectivity index (χ1v) is 12.6. The van der Waals surface area contributed by atoms with E-state index in [2.05, 4.69) is 39.8 Å². The number of rotatable bonds is 5. The lowest BCUT2D eigenvalue weighted by Crippen LogP contribution is -2.45. The van der Waals surface area contributed by atoms with Crippen LogP contribution in [0.15, 0.2) is 48.5 Å². The molecule has 1 atom stereocenters. The molecule has 0 aromatic heterocycles. The molecular weight excluding hydrogens is 410 g/mol. The van der Waals surface area contributed by atoms with Crippen molar-refractivity contribution in [2.24, 2.45) is 5.92 Å². The van der Waals surface area contributed by atoms with Crippen LogP contribution in [0, 0.1) is 5.92 Å². The van der Waals surface area contributed by atoms with Gasteiger partial charge in [0.2, 0.25) is 11.8 Å². The molecule has 2 heterocycles. The van der Waals surface area contributed by atoms with Crippen LogP contribution in [0.2, 0.25) is 0 Å². The van der Waals surface area contributed by atoms with E-state index in [1.807, 2.05) is 24.3 Å². The first-order chi connectivity index (χ1) is 16.1. The van der Waals surface area contributed by atoms with Crippen molar-refractivity contribution in [2.45, 2.75) is 56.9 Å². The van der Waals surface area contributed by atoms with Gasteiger partial charge in [0.1, 0.15) is 0 Å². The lowest BCUT2D eigenvalue weighted by molar-refractivity contribution is -0.132. The highest BCUT2D eigenvalue weighted by Gasteiger charge is 2.41. The number of benzene rings is 2. The third kappa shape index (κ3) is 4.70. The maximum absolute atomic E-state index is 13.2. The molecular formula is C28H35N3O2. The van der Waals surface area contributed by atoms with Crippen molar-refractivity contribution in [3.05, 3.63) is 70.8 Å². The molecule has 0 bridgehead atoms. The van der Waals surface area contributed by atoms with E-state index in [0.717, 1.165) is 63.0 Å². The van der Waals surface area contributed by atoms with Crippen molar-refractivity contribution in [1.82, 2.24) is 15.5 Å². The van der Waals surface area contributed by atoms with E-state index in [9.17, 15) is 9.59 Å². The maximum atomic E-state index is 13.2. The van der Waals surface area contributed by atoms with Crippen molar-refractivity contribution in [1.29, 1.82) is 0 Å². The topological polar surface area (TPSA) is 61.4 Å². The summed E-state index contributed by atoms with van der Waals surface area (Å²) in [5.74, 6) is 0.363. The van der Waals surface area contributed by atoms with Crippen LogP contribution in [0.25, 0.3) is 0 Å². The van der Waals surface area contributed by atoms with E-state index < -0.39 is 0 Å². The Morgan fingerprint density at radius 1 is 1.00 bits per heavy atom. The Kier molecular flexibility index (Phi) is 6.50. The normalized spacial score (nSPS) is 21.6. The summed E-state index contributed by atoms with van der Waals surface area (Å²) < 4.78 is 0. The fourth-order valence-electron chi connectivity index (χ4n) is 6.05. The van der Waals surface area contributed by atoms with Crippen molar-refractivity contribution >= 4 is 11.8 Å². The maximum Gasteiger partial charge on any atom is 0.227 e. The molecule has 1 spiro atoms. The zero-order valence-corrected chi connectivity index (χ0v) is 19.4. The molecule has 33 heavy (non-hydrogen) atoms. The molecule has 2 aromatic carbocycles. The Bertz CT molecular complexity index is 1000. The van der Waals surface area contributed by atoms with E-state index in [4.69, 9.17) is 0 Å². The second kappa shape index (κ2) is 9.68. The third-order valence-electron chi connectivity index (χ3n) is 8.12. The molecule has 5 nitrogen and oxygen atoms in total. The number of likely N-dealkylation sites (tertiary alicyclic amines) is 1. The Labute approximate surface area is 196 Å². The highest BCUT2D eigenvalue weighted by molar-refractivity contribution is 5.80. The van der Waals surface area contributed by atoms with Gasteiger partial charge in [-0.2, -0.15) is 0 Å². The molecule has 1 unspecified atom stereocenters. The Morgan fingerprint density at radius 2 is 1.76 bits per heavy atom. The van der Waals surface area contributed by atoms with Gasteiger partial charge in [-0.15, -0.1) is 0 Å². The number of carbonyl (C=O) groups is 2. The minimum absolute atomic E-state index is 0.0499. The van der Waals surface area contributed by atoms with Crippen LogP contribution < -0.4 is 10.6 Å². The number of aryl methyl sites for hydroxylation is 1. The summed E-state index contributed by atoms with van der Waals surface area (Å²) in [7, 11) is 0. The van der Waals surface area contributed by atoms with E-state index in [0.29, 0.717) is 13.0 Å². The highest BCUT2D eigenvalue weighted by Crippen LogP contribution is 2.46. The van der Waals surface area contributed by atoms with Gasteiger partial charge in [0.25, 0.3) is 0 Å². The van der Waals surface area contributed by atoms with Crippen molar-refractivity contribution in [2.75, 3.05) is 26.2 Å². The molecule has 1 aliphatic carbocycles.